The van der Waals surface area contributed by atoms with Crippen molar-refractivity contribution in [2.45, 2.75) is 39.7 Å². The monoisotopic (exact) mass is 284 g/mol. The van der Waals surface area contributed by atoms with Gasteiger partial charge in [0, 0.05) is 23.6 Å². The molecule has 0 aliphatic carbocycles. The average Bonchev–Trinajstić information content (AvgIpc) is 2.81. The number of hydrogen-bond donors (Lipinski definition) is 1. The fourth-order valence-corrected chi connectivity index (χ4v) is 2.77. The van der Waals surface area contributed by atoms with Crippen LogP contribution in [0.25, 0.3) is 10.9 Å². The first-order valence-corrected chi connectivity index (χ1v) is 8.10. The maximum atomic E-state index is 3.85. The molecule has 0 bridgehead atoms. The van der Waals surface area contributed by atoms with Gasteiger partial charge in [-0.05, 0) is 49.9 Å². The molecule has 0 saturated carbocycles. The van der Waals surface area contributed by atoms with Gasteiger partial charge < -0.3 is 9.88 Å². The second-order valence-corrected chi connectivity index (χ2v) is 6.17. The van der Waals surface area contributed by atoms with Crippen LogP contribution in [0.3, 0.4) is 0 Å². The Bertz CT molecular complexity index is 566. The number of para-hydroxylation sites is 1. The zero-order valence-electron chi connectivity index (χ0n) is 13.4. The summed E-state index contributed by atoms with van der Waals surface area (Å²) in [6.07, 6.45) is 7.91. The molecular formula is C19H28N2. The summed E-state index contributed by atoms with van der Waals surface area (Å²) in [7, 11) is 0. The van der Waals surface area contributed by atoms with E-state index in [4.69, 9.17) is 0 Å². The van der Waals surface area contributed by atoms with Gasteiger partial charge in [0.15, 0.2) is 0 Å². The SMILES string of the molecule is C=CCn1cc(CCCCNCC(C)C)c2ccccc21. The standard InChI is InChI=1S/C19H28N2/c1-4-13-21-15-17(18-10-5-6-11-19(18)21)9-7-8-12-20-14-16(2)3/h4-6,10-11,15-16,20H,1,7-9,12-14H2,2-3H3. The molecule has 0 aliphatic rings. The lowest BCUT2D eigenvalue weighted by atomic mass is 10.1. The number of fused-ring (bicyclic) bond motifs is 1. The lowest BCUT2D eigenvalue weighted by Crippen LogP contribution is -2.20. The van der Waals surface area contributed by atoms with E-state index < -0.39 is 0 Å². The average molecular weight is 284 g/mol. The molecule has 114 valence electrons. The Morgan fingerprint density at radius 1 is 1.24 bits per heavy atom. The summed E-state index contributed by atoms with van der Waals surface area (Å²) in [6.45, 7) is 11.5. The van der Waals surface area contributed by atoms with E-state index in [9.17, 15) is 0 Å². The van der Waals surface area contributed by atoms with Crippen LogP contribution in [0.4, 0.5) is 0 Å². The van der Waals surface area contributed by atoms with Gasteiger partial charge >= 0.3 is 0 Å². The van der Waals surface area contributed by atoms with E-state index in [2.05, 4.69) is 60.8 Å². The van der Waals surface area contributed by atoms with E-state index in [1.165, 1.54) is 29.3 Å². The number of aromatic nitrogens is 1. The topological polar surface area (TPSA) is 17.0 Å². The second-order valence-electron chi connectivity index (χ2n) is 6.17. The highest BCUT2D eigenvalue weighted by Gasteiger charge is 2.06. The predicted molar refractivity (Wildman–Crippen MR) is 92.8 cm³/mol. The third-order valence-electron chi connectivity index (χ3n) is 3.80. The minimum absolute atomic E-state index is 0.738. The molecule has 2 rings (SSSR count). The smallest absolute Gasteiger partial charge is 0.0486 e. The van der Waals surface area contributed by atoms with Gasteiger partial charge in [-0.15, -0.1) is 6.58 Å². The van der Waals surface area contributed by atoms with E-state index in [1.54, 1.807) is 0 Å². The predicted octanol–water partition coefficient (Wildman–Crippen LogP) is 4.40. The van der Waals surface area contributed by atoms with Crippen LogP contribution in [-0.2, 0) is 13.0 Å². The largest absolute Gasteiger partial charge is 0.343 e. The molecule has 2 heteroatoms. The van der Waals surface area contributed by atoms with E-state index in [1.807, 2.05) is 6.08 Å². The first-order chi connectivity index (χ1) is 10.2. The highest BCUT2D eigenvalue weighted by atomic mass is 14.9. The molecule has 2 aromatic rings. The fraction of sp³-hybridized carbons (Fsp3) is 0.474. The first kappa shape index (κ1) is 15.8. The summed E-state index contributed by atoms with van der Waals surface area (Å²) < 4.78 is 2.30. The van der Waals surface area contributed by atoms with Crippen molar-refractivity contribution in [3.05, 3.63) is 48.7 Å². The molecule has 1 N–H and O–H groups in total. The molecule has 0 aliphatic heterocycles. The molecule has 0 atom stereocenters. The van der Waals surface area contributed by atoms with Crippen LogP contribution in [0.2, 0.25) is 0 Å². The molecule has 1 aromatic carbocycles. The zero-order chi connectivity index (χ0) is 15.1. The zero-order valence-corrected chi connectivity index (χ0v) is 13.4. The van der Waals surface area contributed by atoms with Gasteiger partial charge in [-0.2, -0.15) is 0 Å². The van der Waals surface area contributed by atoms with Gasteiger partial charge in [0.2, 0.25) is 0 Å². The molecule has 0 saturated heterocycles. The molecule has 2 nitrogen and oxygen atoms in total. The number of nitrogens with zero attached hydrogens (tertiary/aromatic N) is 1. The third kappa shape index (κ3) is 4.47. The Morgan fingerprint density at radius 3 is 2.81 bits per heavy atom. The minimum atomic E-state index is 0.738. The Kier molecular flexibility index (Phi) is 6.06. The summed E-state index contributed by atoms with van der Waals surface area (Å²) in [4.78, 5) is 0. The Balaban J connectivity index is 1.91. The van der Waals surface area contributed by atoms with Crippen molar-refractivity contribution < 1.29 is 0 Å². The van der Waals surface area contributed by atoms with Gasteiger partial charge in [0.05, 0.1) is 0 Å². The highest BCUT2D eigenvalue weighted by Crippen LogP contribution is 2.22. The van der Waals surface area contributed by atoms with Gasteiger partial charge in [-0.3, -0.25) is 0 Å². The molecular weight excluding hydrogens is 256 g/mol. The molecule has 21 heavy (non-hydrogen) atoms. The molecule has 0 fully saturated rings. The molecule has 1 aromatic heterocycles. The second kappa shape index (κ2) is 8.04. The third-order valence-corrected chi connectivity index (χ3v) is 3.80. The van der Waals surface area contributed by atoms with Crippen LogP contribution in [-0.4, -0.2) is 17.7 Å². The lowest BCUT2D eigenvalue weighted by molar-refractivity contribution is 0.535. The Hall–Kier alpha value is -1.54. The summed E-state index contributed by atoms with van der Waals surface area (Å²) in [5.41, 5.74) is 2.79. The van der Waals surface area contributed by atoms with Gasteiger partial charge in [0.1, 0.15) is 0 Å². The number of benzene rings is 1. The van der Waals surface area contributed by atoms with E-state index in [-0.39, 0.29) is 0 Å². The van der Waals surface area contributed by atoms with Gasteiger partial charge in [-0.1, -0.05) is 38.1 Å². The fourth-order valence-electron chi connectivity index (χ4n) is 2.77. The van der Waals surface area contributed by atoms with Crippen LogP contribution < -0.4 is 5.32 Å². The van der Waals surface area contributed by atoms with Crippen molar-refractivity contribution in [1.29, 1.82) is 0 Å². The molecule has 0 spiro atoms. The number of aryl methyl sites for hydroxylation is 1. The lowest BCUT2D eigenvalue weighted by Gasteiger charge is -2.06. The summed E-state index contributed by atoms with van der Waals surface area (Å²) in [5.74, 6) is 0.738. The van der Waals surface area contributed by atoms with Crippen LogP contribution in [0, 0.1) is 5.92 Å². The normalized spacial score (nSPS) is 11.4. The van der Waals surface area contributed by atoms with E-state index >= 15 is 0 Å². The minimum Gasteiger partial charge on any atom is -0.343 e. The summed E-state index contributed by atoms with van der Waals surface area (Å²) >= 11 is 0. The van der Waals surface area contributed by atoms with Crippen LogP contribution >= 0.6 is 0 Å². The molecule has 0 amide bonds. The van der Waals surface area contributed by atoms with Crippen molar-refractivity contribution >= 4 is 10.9 Å². The number of nitrogens with one attached hydrogen (secondary N) is 1. The maximum absolute atomic E-state index is 3.85. The van der Waals surface area contributed by atoms with Crippen molar-refractivity contribution in [2.75, 3.05) is 13.1 Å². The molecule has 0 radical (unpaired) electrons. The van der Waals surface area contributed by atoms with Crippen molar-refractivity contribution in [2.24, 2.45) is 5.92 Å². The van der Waals surface area contributed by atoms with Gasteiger partial charge in [0.25, 0.3) is 0 Å². The number of rotatable bonds is 9. The molecule has 1 heterocycles. The highest BCUT2D eigenvalue weighted by molar-refractivity contribution is 5.84. The number of hydrogen-bond acceptors (Lipinski definition) is 1. The van der Waals surface area contributed by atoms with Crippen molar-refractivity contribution in [3.63, 3.8) is 0 Å². The van der Waals surface area contributed by atoms with Crippen LogP contribution in [0.5, 0.6) is 0 Å². The van der Waals surface area contributed by atoms with Crippen LogP contribution in [0.15, 0.2) is 43.1 Å². The van der Waals surface area contributed by atoms with Gasteiger partial charge in [-0.25, -0.2) is 0 Å². The quantitative estimate of drug-likeness (QED) is 0.533. The van der Waals surface area contributed by atoms with E-state index in [0.29, 0.717) is 0 Å². The van der Waals surface area contributed by atoms with Crippen molar-refractivity contribution in [1.82, 2.24) is 9.88 Å². The van der Waals surface area contributed by atoms with Crippen molar-refractivity contribution in [3.8, 4) is 0 Å². The van der Waals surface area contributed by atoms with Crippen LogP contribution in [0.1, 0.15) is 32.3 Å². The van der Waals surface area contributed by atoms with E-state index in [0.717, 1.165) is 32.0 Å². The molecule has 0 unspecified atom stereocenters. The summed E-state index contributed by atoms with van der Waals surface area (Å²) in [6, 6.07) is 8.68. The first-order valence-electron chi connectivity index (χ1n) is 8.10. The Labute approximate surface area is 128 Å². The summed E-state index contributed by atoms with van der Waals surface area (Å²) in [5, 5.41) is 4.91. The Morgan fingerprint density at radius 2 is 2.05 bits per heavy atom. The maximum Gasteiger partial charge on any atom is 0.0486 e. The number of allylic oxidation sites excluding steroid dienone is 1. The number of unbranched alkanes of at least 4 members (excludes halogenated alkanes) is 1.